The van der Waals surface area contributed by atoms with Crippen LogP contribution in [0.2, 0.25) is 0 Å². The Balaban J connectivity index is 2.10. The zero-order valence-electron chi connectivity index (χ0n) is 10.7. The fourth-order valence-corrected chi connectivity index (χ4v) is 2.30. The van der Waals surface area contributed by atoms with E-state index in [4.69, 9.17) is 4.74 Å². The van der Waals surface area contributed by atoms with Gasteiger partial charge in [0.05, 0.1) is 12.5 Å². The Kier molecular flexibility index (Phi) is 3.51. The highest BCUT2D eigenvalue weighted by atomic mass is 16.5. The Bertz CT molecular complexity index is 388. The number of benzene rings is 1. The third-order valence-corrected chi connectivity index (χ3v) is 3.65. The average molecular weight is 232 g/mol. The molecule has 1 aromatic carbocycles. The molecule has 0 heterocycles. The van der Waals surface area contributed by atoms with Gasteiger partial charge in [-0.25, -0.2) is 0 Å². The summed E-state index contributed by atoms with van der Waals surface area (Å²) in [7, 11) is 1.47. The van der Waals surface area contributed by atoms with E-state index in [1.165, 1.54) is 25.5 Å². The largest absolute Gasteiger partial charge is 0.468 e. The first-order valence-electron chi connectivity index (χ1n) is 6.41. The quantitative estimate of drug-likeness (QED) is 0.728. The molecule has 0 N–H and O–H groups in total. The highest BCUT2D eigenvalue weighted by Crippen LogP contribution is 2.49. The minimum Gasteiger partial charge on any atom is -0.468 e. The van der Waals surface area contributed by atoms with Crippen molar-refractivity contribution in [2.45, 2.75) is 44.4 Å². The van der Waals surface area contributed by atoms with Gasteiger partial charge in [0, 0.05) is 0 Å². The number of carbonyl (C=O) groups excluding carboxylic acids is 1. The van der Waals surface area contributed by atoms with Crippen molar-refractivity contribution in [2.24, 2.45) is 0 Å². The minimum absolute atomic E-state index is 0.0844. The summed E-state index contributed by atoms with van der Waals surface area (Å²) in [5.41, 5.74) is 2.15. The fraction of sp³-hybridized carbons (Fsp3) is 0.533. The Morgan fingerprint density at radius 2 is 1.94 bits per heavy atom. The maximum absolute atomic E-state index is 11.7. The molecule has 1 fully saturated rings. The summed E-state index contributed by atoms with van der Waals surface area (Å²) in [6, 6.07) is 8.48. The van der Waals surface area contributed by atoms with Gasteiger partial charge in [0.2, 0.25) is 0 Å². The normalized spacial score (nSPS) is 16.6. The van der Waals surface area contributed by atoms with Crippen molar-refractivity contribution in [1.82, 2.24) is 0 Å². The number of ether oxygens (including phenoxy) is 1. The van der Waals surface area contributed by atoms with Gasteiger partial charge in [0.15, 0.2) is 0 Å². The van der Waals surface area contributed by atoms with Crippen molar-refractivity contribution < 1.29 is 9.53 Å². The Morgan fingerprint density at radius 1 is 1.29 bits per heavy atom. The molecular formula is C15H20O2. The molecule has 17 heavy (non-hydrogen) atoms. The molecule has 0 amide bonds. The predicted octanol–water partition coefficient (Wildman–Crippen LogP) is 3.23. The summed E-state index contributed by atoms with van der Waals surface area (Å²) < 4.78 is 4.89. The van der Waals surface area contributed by atoms with Crippen LogP contribution in [0.25, 0.3) is 0 Å². The topological polar surface area (TPSA) is 26.3 Å². The van der Waals surface area contributed by atoms with Gasteiger partial charge in [0.25, 0.3) is 0 Å². The van der Waals surface area contributed by atoms with Gasteiger partial charge in [-0.2, -0.15) is 0 Å². The molecule has 0 unspecified atom stereocenters. The molecule has 0 bridgehead atoms. The molecule has 0 radical (unpaired) electrons. The molecule has 0 aliphatic heterocycles. The molecule has 0 aromatic heterocycles. The lowest BCUT2D eigenvalue weighted by atomic mass is 9.94. The molecule has 92 valence electrons. The lowest BCUT2D eigenvalue weighted by Crippen LogP contribution is -2.21. The van der Waals surface area contributed by atoms with Crippen molar-refractivity contribution in [3.05, 3.63) is 35.4 Å². The Labute approximate surface area is 103 Å². The first-order chi connectivity index (χ1) is 8.23. The first-order valence-corrected chi connectivity index (χ1v) is 6.41. The molecule has 1 aliphatic carbocycles. The van der Waals surface area contributed by atoms with Crippen molar-refractivity contribution in [2.75, 3.05) is 7.11 Å². The van der Waals surface area contributed by atoms with E-state index in [1.54, 1.807) is 0 Å². The standard InChI is InChI=1S/C15H20O2/c1-3-4-5-12-6-8-13(9-7-12)15(10-11-15)14(16)17-2/h6-9H,3-5,10-11H2,1-2H3. The third-order valence-electron chi connectivity index (χ3n) is 3.65. The van der Waals surface area contributed by atoms with Crippen molar-refractivity contribution in [3.63, 3.8) is 0 Å². The molecule has 2 rings (SSSR count). The van der Waals surface area contributed by atoms with Gasteiger partial charge < -0.3 is 4.74 Å². The van der Waals surface area contributed by atoms with Gasteiger partial charge >= 0.3 is 5.97 Å². The van der Waals surface area contributed by atoms with E-state index in [2.05, 4.69) is 31.2 Å². The molecule has 2 nitrogen and oxygen atoms in total. The van der Waals surface area contributed by atoms with Crippen LogP contribution in [0.1, 0.15) is 43.7 Å². The van der Waals surface area contributed by atoms with Crippen LogP contribution in [-0.4, -0.2) is 13.1 Å². The second-order valence-corrected chi connectivity index (χ2v) is 4.87. The number of unbranched alkanes of at least 4 members (excludes halogenated alkanes) is 1. The van der Waals surface area contributed by atoms with Crippen LogP contribution in [0, 0.1) is 0 Å². The van der Waals surface area contributed by atoms with Gasteiger partial charge in [-0.3, -0.25) is 4.79 Å². The van der Waals surface area contributed by atoms with E-state index in [9.17, 15) is 4.79 Å². The number of rotatable bonds is 5. The SMILES string of the molecule is CCCCc1ccc(C2(C(=O)OC)CC2)cc1. The van der Waals surface area contributed by atoms with Gasteiger partial charge in [-0.05, 0) is 36.8 Å². The van der Waals surface area contributed by atoms with Crippen molar-refractivity contribution in [3.8, 4) is 0 Å². The van der Waals surface area contributed by atoms with Crippen LogP contribution in [0.3, 0.4) is 0 Å². The van der Waals surface area contributed by atoms with E-state index in [0.717, 1.165) is 24.8 Å². The Hall–Kier alpha value is -1.31. The van der Waals surface area contributed by atoms with E-state index in [0.29, 0.717) is 0 Å². The number of esters is 1. The van der Waals surface area contributed by atoms with Crippen LogP contribution in [0.15, 0.2) is 24.3 Å². The second kappa shape index (κ2) is 4.91. The molecular weight excluding hydrogens is 212 g/mol. The number of aryl methyl sites for hydroxylation is 1. The van der Waals surface area contributed by atoms with E-state index < -0.39 is 0 Å². The predicted molar refractivity (Wildman–Crippen MR) is 68.0 cm³/mol. The lowest BCUT2D eigenvalue weighted by Gasteiger charge is -2.13. The zero-order chi connectivity index (χ0) is 12.3. The van der Waals surface area contributed by atoms with E-state index in [1.807, 2.05) is 0 Å². The maximum atomic E-state index is 11.7. The van der Waals surface area contributed by atoms with Crippen molar-refractivity contribution >= 4 is 5.97 Å². The summed E-state index contributed by atoms with van der Waals surface area (Å²) in [5, 5.41) is 0. The van der Waals surface area contributed by atoms with Gasteiger partial charge in [-0.1, -0.05) is 37.6 Å². The van der Waals surface area contributed by atoms with E-state index in [-0.39, 0.29) is 11.4 Å². The van der Waals surface area contributed by atoms with Crippen LogP contribution >= 0.6 is 0 Å². The van der Waals surface area contributed by atoms with Crippen LogP contribution in [0.5, 0.6) is 0 Å². The van der Waals surface area contributed by atoms with Crippen LogP contribution in [-0.2, 0) is 21.4 Å². The molecule has 0 atom stereocenters. The summed E-state index contributed by atoms with van der Waals surface area (Å²) in [5.74, 6) is -0.0844. The van der Waals surface area contributed by atoms with Crippen molar-refractivity contribution in [1.29, 1.82) is 0 Å². The second-order valence-electron chi connectivity index (χ2n) is 4.87. The van der Waals surface area contributed by atoms with E-state index >= 15 is 0 Å². The third kappa shape index (κ3) is 2.36. The summed E-state index contributed by atoms with van der Waals surface area (Å²) in [4.78, 5) is 11.7. The summed E-state index contributed by atoms with van der Waals surface area (Å²) in [6.45, 7) is 2.20. The average Bonchev–Trinajstić information content (AvgIpc) is 3.17. The van der Waals surface area contributed by atoms with Crippen LogP contribution in [0.4, 0.5) is 0 Å². The Morgan fingerprint density at radius 3 is 2.41 bits per heavy atom. The smallest absolute Gasteiger partial charge is 0.316 e. The molecule has 0 spiro atoms. The fourth-order valence-electron chi connectivity index (χ4n) is 2.30. The zero-order valence-corrected chi connectivity index (χ0v) is 10.7. The lowest BCUT2D eigenvalue weighted by molar-refractivity contribution is -0.143. The maximum Gasteiger partial charge on any atom is 0.316 e. The molecule has 2 heteroatoms. The number of carbonyl (C=O) groups is 1. The molecule has 0 saturated heterocycles. The monoisotopic (exact) mass is 232 g/mol. The minimum atomic E-state index is -0.321. The van der Waals surface area contributed by atoms with Gasteiger partial charge in [-0.15, -0.1) is 0 Å². The summed E-state index contributed by atoms with van der Waals surface area (Å²) >= 11 is 0. The molecule has 1 saturated carbocycles. The number of hydrogen-bond acceptors (Lipinski definition) is 2. The highest BCUT2D eigenvalue weighted by molar-refractivity contribution is 5.86. The van der Waals surface area contributed by atoms with Gasteiger partial charge in [0.1, 0.15) is 0 Å². The number of methoxy groups -OCH3 is 1. The van der Waals surface area contributed by atoms with Crippen LogP contribution < -0.4 is 0 Å². The highest BCUT2D eigenvalue weighted by Gasteiger charge is 2.52. The number of hydrogen-bond donors (Lipinski definition) is 0. The molecule has 1 aliphatic rings. The first kappa shape index (κ1) is 12.2. The summed E-state index contributed by atoms with van der Waals surface area (Å²) in [6.07, 6.45) is 5.42. The molecule has 1 aromatic rings.